The van der Waals surface area contributed by atoms with Crippen LogP contribution in [0.3, 0.4) is 0 Å². The quantitative estimate of drug-likeness (QED) is 0.789. The maximum absolute atomic E-state index is 13.6. The summed E-state index contributed by atoms with van der Waals surface area (Å²) >= 11 is 0. The number of carbonyl (C=O) groups is 1. The predicted molar refractivity (Wildman–Crippen MR) is 124 cm³/mol. The van der Waals surface area contributed by atoms with Crippen molar-refractivity contribution in [3.8, 4) is 0 Å². The molecule has 1 N–H and O–H groups in total. The van der Waals surface area contributed by atoms with E-state index >= 15 is 0 Å². The van der Waals surface area contributed by atoms with E-state index in [1.165, 1.54) is 44.9 Å². The van der Waals surface area contributed by atoms with Crippen LogP contribution < -0.4 is 5.56 Å². The van der Waals surface area contributed by atoms with Gasteiger partial charge in [0.2, 0.25) is 5.69 Å². The Morgan fingerprint density at radius 2 is 1.84 bits per heavy atom. The number of likely N-dealkylation sites (N-methyl/N-ethyl adjacent to an activating group) is 1. The van der Waals surface area contributed by atoms with Gasteiger partial charge < -0.3 is 10.0 Å². The third-order valence-electron chi connectivity index (χ3n) is 8.14. The van der Waals surface area contributed by atoms with Crippen molar-refractivity contribution in [1.29, 1.82) is 0 Å². The fourth-order valence-electron chi connectivity index (χ4n) is 6.99. The largest absolute Gasteiger partial charge is 0.476 e. The van der Waals surface area contributed by atoms with Crippen LogP contribution >= 0.6 is 0 Å². The van der Waals surface area contributed by atoms with Gasteiger partial charge in [-0.1, -0.05) is 51.2 Å². The van der Waals surface area contributed by atoms with Gasteiger partial charge >= 0.3 is 5.97 Å². The van der Waals surface area contributed by atoms with E-state index in [-0.39, 0.29) is 17.8 Å². The Balaban J connectivity index is 1.67. The Morgan fingerprint density at radius 3 is 2.53 bits per heavy atom. The smallest absolute Gasteiger partial charge is 0.360 e. The standard InChI is InChI=1S/C25H34N4O3/c1-3-20-25(29-19-14-10-9-13-18(19)26-22(23(29)30)24(31)32)16-27(2)15-21(25)28(20)17-11-7-5-4-6-8-12-17/h9-10,13-14,17,20-21H,3-8,11-12,15-16H2,1-2H3,(H,31,32)/t20-,21-,25?/m1/s1. The minimum Gasteiger partial charge on any atom is -0.476 e. The molecule has 0 spiro atoms. The lowest BCUT2D eigenvalue weighted by atomic mass is 9.70. The SMILES string of the molecule is CC[C@H]1N(C2CCCCCCC2)[C@@H]2CN(C)CC12n1c(=O)c(C(=O)O)nc2ccccc21. The molecule has 0 radical (unpaired) electrons. The van der Waals surface area contributed by atoms with Gasteiger partial charge in [-0.3, -0.25) is 14.3 Å². The first-order chi connectivity index (χ1) is 15.5. The molecule has 1 unspecified atom stereocenters. The first kappa shape index (κ1) is 21.6. The van der Waals surface area contributed by atoms with Gasteiger partial charge in [-0.2, -0.15) is 0 Å². The number of fused-ring (bicyclic) bond motifs is 2. The van der Waals surface area contributed by atoms with Crippen molar-refractivity contribution in [1.82, 2.24) is 19.4 Å². The zero-order valence-electron chi connectivity index (χ0n) is 19.2. The van der Waals surface area contributed by atoms with Gasteiger partial charge in [0, 0.05) is 31.2 Å². The lowest BCUT2D eigenvalue weighted by Gasteiger charge is -2.63. The molecule has 1 aromatic heterocycles. The van der Waals surface area contributed by atoms with Gasteiger partial charge in [0.05, 0.1) is 16.6 Å². The molecule has 172 valence electrons. The number of aromatic nitrogens is 2. The summed E-state index contributed by atoms with van der Waals surface area (Å²) in [6, 6.07) is 8.48. The molecule has 32 heavy (non-hydrogen) atoms. The summed E-state index contributed by atoms with van der Waals surface area (Å²) in [7, 11) is 2.12. The van der Waals surface area contributed by atoms with E-state index in [9.17, 15) is 14.7 Å². The molecule has 3 fully saturated rings. The minimum atomic E-state index is -1.25. The summed E-state index contributed by atoms with van der Waals surface area (Å²) in [5.41, 5.74) is 0.0679. The van der Waals surface area contributed by atoms with E-state index < -0.39 is 17.1 Å². The van der Waals surface area contributed by atoms with Crippen molar-refractivity contribution >= 4 is 17.0 Å². The summed E-state index contributed by atoms with van der Waals surface area (Å²) in [5.74, 6) is -1.25. The van der Waals surface area contributed by atoms with E-state index in [0.29, 0.717) is 11.6 Å². The molecule has 2 aliphatic heterocycles. The highest BCUT2D eigenvalue weighted by molar-refractivity contribution is 5.88. The molecule has 7 nitrogen and oxygen atoms in total. The molecular formula is C25H34N4O3. The van der Waals surface area contributed by atoms with Crippen molar-refractivity contribution in [3.63, 3.8) is 0 Å². The molecular weight excluding hydrogens is 404 g/mol. The molecule has 5 rings (SSSR count). The molecule has 0 amide bonds. The number of hydrogen-bond donors (Lipinski definition) is 1. The zero-order chi connectivity index (χ0) is 22.5. The number of rotatable bonds is 4. The highest BCUT2D eigenvalue weighted by Gasteiger charge is 2.66. The number of para-hydroxylation sites is 2. The summed E-state index contributed by atoms with van der Waals surface area (Å²) in [6.07, 6.45) is 9.89. The first-order valence-electron chi connectivity index (χ1n) is 12.2. The summed E-state index contributed by atoms with van der Waals surface area (Å²) in [4.78, 5) is 34.8. The summed E-state index contributed by atoms with van der Waals surface area (Å²) in [6.45, 7) is 3.87. The average Bonchev–Trinajstić information content (AvgIpc) is 3.02. The van der Waals surface area contributed by atoms with Gasteiger partial charge in [-0.25, -0.2) is 9.78 Å². The fraction of sp³-hybridized carbons (Fsp3) is 0.640. The zero-order valence-corrected chi connectivity index (χ0v) is 19.2. The van der Waals surface area contributed by atoms with E-state index in [1.54, 1.807) is 0 Å². The van der Waals surface area contributed by atoms with Crippen LogP contribution in [0.15, 0.2) is 29.1 Å². The van der Waals surface area contributed by atoms with Crippen LogP contribution in [0.2, 0.25) is 0 Å². The van der Waals surface area contributed by atoms with Gasteiger partial charge in [0.1, 0.15) is 0 Å². The topological polar surface area (TPSA) is 78.7 Å². The van der Waals surface area contributed by atoms with Crippen LogP contribution in [0.5, 0.6) is 0 Å². The number of nitrogens with zero attached hydrogens (tertiary/aromatic N) is 4. The average molecular weight is 439 g/mol. The summed E-state index contributed by atoms with van der Waals surface area (Å²) in [5, 5.41) is 9.75. The second-order valence-corrected chi connectivity index (χ2v) is 9.97. The van der Waals surface area contributed by atoms with Crippen LogP contribution in [0.1, 0.15) is 68.8 Å². The Hall–Kier alpha value is -2.25. The number of carboxylic acids is 1. The van der Waals surface area contributed by atoms with E-state index in [1.807, 2.05) is 28.8 Å². The van der Waals surface area contributed by atoms with Gasteiger partial charge in [0.15, 0.2) is 0 Å². The molecule has 1 aliphatic carbocycles. The Morgan fingerprint density at radius 1 is 1.16 bits per heavy atom. The Kier molecular flexibility index (Phi) is 5.58. The van der Waals surface area contributed by atoms with Gasteiger partial charge in [0.25, 0.3) is 5.56 Å². The number of likely N-dealkylation sites (tertiary alicyclic amines) is 2. The fourth-order valence-corrected chi connectivity index (χ4v) is 6.99. The molecule has 2 aromatic rings. The number of carboxylic acid groups (broad SMARTS) is 1. The lowest BCUT2D eigenvalue weighted by molar-refractivity contribution is -0.128. The molecule has 3 heterocycles. The van der Waals surface area contributed by atoms with Crippen molar-refractivity contribution in [3.05, 3.63) is 40.3 Å². The van der Waals surface area contributed by atoms with Gasteiger partial charge in [-0.05, 0) is 38.4 Å². The molecule has 3 aliphatic rings. The van der Waals surface area contributed by atoms with Crippen LogP contribution in [-0.4, -0.2) is 68.7 Å². The second kappa shape index (κ2) is 8.27. The molecule has 2 saturated heterocycles. The van der Waals surface area contributed by atoms with E-state index in [0.717, 1.165) is 25.0 Å². The summed E-state index contributed by atoms with van der Waals surface area (Å²) < 4.78 is 1.83. The Labute approximate surface area is 189 Å². The number of aromatic carboxylic acids is 1. The van der Waals surface area contributed by atoms with Crippen molar-refractivity contribution < 1.29 is 9.90 Å². The van der Waals surface area contributed by atoms with Crippen molar-refractivity contribution in [2.24, 2.45) is 0 Å². The molecule has 3 atom stereocenters. The third kappa shape index (κ3) is 3.12. The lowest BCUT2D eigenvalue weighted by Crippen LogP contribution is -2.79. The maximum Gasteiger partial charge on any atom is 0.360 e. The van der Waals surface area contributed by atoms with Crippen LogP contribution in [0, 0.1) is 0 Å². The van der Waals surface area contributed by atoms with Crippen LogP contribution in [0.4, 0.5) is 0 Å². The minimum absolute atomic E-state index is 0.215. The molecule has 0 bridgehead atoms. The maximum atomic E-state index is 13.6. The molecule has 1 aromatic carbocycles. The second-order valence-electron chi connectivity index (χ2n) is 9.97. The first-order valence-corrected chi connectivity index (χ1v) is 12.2. The monoisotopic (exact) mass is 438 g/mol. The normalized spacial score (nSPS) is 29.9. The van der Waals surface area contributed by atoms with Crippen molar-refractivity contribution in [2.75, 3.05) is 20.1 Å². The third-order valence-corrected chi connectivity index (χ3v) is 8.14. The number of hydrogen-bond acceptors (Lipinski definition) is 5. The highest BCUT2D eigenvalue weighted by atomic mass is 16.4. The van der Waals surface area contributed by atoms with E-state index in [4.69, 9.17) is 0 Å². The predicted octanol–water partition coefficient (Wildman–Crippen LogP) is 3.31. The van der Waals surface area contributed by atoms with E-state index in [2.05, 4.69) is 28.8 Å². The van der Waals surface area contributed by atoms with Crippen molar-refractivity contribution in [2.45, 2.75) is 82.0 Å². The van der Waals surface area contributed by atoms with Gasteiger partial charge in [-0.15, -0.1) is 0 Å². The van der Waals surface area contributed by atoms with Crippen LogP contribution in [0.25, 0.3) is 11.0 Å². The number of benzene rings is 1. The van der Waals surface area contributed by atoms with Crippen LogP contribution in [-0.2, 0) is 5.54 Å². The Bertz CT molecular complexity index is 1070. The highest BCUT2D eigenvalue weighted by Crippen LogP contribution is 2.51. The molecule has 1 saturated carbocycles. The molecule has 7 heteroatoms.